The van der Waals surface area contributed by atoms with Crippen molar-refractivity contribution in [3.05, 3.63) is 59.5 Å². The summed E-state index contributed by atoms with van der Waals surface area (Å²) in [6.07, 6.45) is 1.28. The van der Waals surface area contributed by atoms with E-state index in [4.69, 9.17) is 4.74 Å². The van der Waals surface area contributed by atoms with Crippen LogP contribution in [0.2, 0.25) is 0 Å². The van der Waals surface area contributed by atoms with E-state index in [1.54, 1.807) is 19.1 Å². The number of para-hydroxylation sites is 2. The molecule has 1 aliphatic heterocycles. The Morgan fingerprint density at radius 3 is 2.72 bits per heavy atom. The fourth-order valence-corrected chi connectivity index (χ4v) is 2.69. The average molecular weight is 399 g/mol. The number of hydrogen-bond acceptors (Lipinski definition) is 5. The molecule has 4 amide bonds. The Morgan fingerprint density at radius 2 is 2.00 bits per heavy atom. The minimum absolute atomic E-state index is 0.0574. The third kappa shape index (κ3) is 4.34. The number of nitrogens with one attached hydrogen (secondary N) is 2. The highest BCUT2D eigenvalue weighted by Gasteiger charge is 2.35. The summed E-state index contributed by atoms with van der Waals surface area (Å²) in [6, 6.07) is 9.47. The minimum atomic E-state index is -0.801. The molecule has 0 aromatic heterocycles. The first-order valence-corrected chi connectivity index (χ1v) is 8.74. The number of urea groups is 1. The molecular formula is C20H18FN3O5. The van der Waals surface area contributed by atoms with Gasteiger partial charge in [0.15, 0.2) is 11.5 Å². The topological polar surface area (TPSA) is 108 Å². The summed E-state index contributed by atoms with van der Waals surface area (Å²) in [6.45, 7) is 1.50. The molecule has 29 heavy (non-hydrogen) atoms. The highest BCUT2D eigenvalue weighted by molar-refractivity contribution is 6.16. The number of nitrogens with zero attached hydrogens (tertiary/aromatic N) is 1. The standard InChI is InChI=1S/C20H18FN3O5/c1-2-29-16-9-5-6-12(18(16)26)10-15-19(27)24(20(28)23-15)11-17(25)22-14-8-4-3-7-13(14)21/h3-10,26H,2,11H2,1H3,(H,22,25)(H,23,28)/b15-10+. The lowest BCUT2D eigenvalue weighted by molar-refractivity contribution is -0.127. The number of benzene rings is 2. The van der Waals surface area contributed by atoms with Gasteiger partial charge < -0.3 is 20.5 Å². The molecule has 3 N–H and O–H groups in total. The lowest BCUT2D eigenvalue weighted by atomic mass is 10.1. The predicted molar refractivity (Wildman–Crippen MR) is 103 cm³/mol. The van der Waals surface area contributed by atoms with Crippen LogP contribution in [0.5, 0.6) is 11.5 Å². The first kappa shape index (κ1) is 19.9. The number of anilines is 1. The summed E-state index contributed by atoms with van der Waals surface area (Å²) in [7, 11) is 0. The van der Waals surface area contributed by atoms with Crippen LogP contribution in [0.15, 0.2) is 48.2 Å². The number of hydrogen-bond donors (Lipinski definition) is 3. The maximum absolute atomic E-state index is 13.6. The number of halogens is 1. The molecule has 0 bridgehead atoms. The monoisotopic (exact) mass is 399 g/mol. The van der Waals surface area contributed by atoms with E-state index in [1.807, 2.05) is 0 Å². The van der Waals surface area contributed by atoms with Crippen LogP contribution >= 0.6 is 0 Å². The van der Waals surface area contributed by atoms with E-state index in [0.717, 1.165) is 0 Å². The number of carbonyl (C=O) groups is 3. The average Bonchev–Trinajstić information content (AvgIpc) is 2.94. The van der Waals surface area contributed by atoms with E-state index in [9.17, 15) is 23.9 Å². The maximum Gasteiger partial charge on any atom is 0.329 e. The Labute approximate surface area is 165 Å². The molecule has 9 heteroatoms. The van der Waals surface area contributed by atoms with Crippen molar-refractivity contribution in [3.8, 4) is 11.5 Å². The van der Waals surface area contributed by atoms with Crippen molar-refractivity contribution >= 4 is 29.6 Å². The molecule has 1 aliphatic rings. The van der Waals surface area contributed by atoms with Gasteiger partial charge in [0, 0.05) is 5.56 Å². The van der Waals surface area contributed by atoms with E-state index in [0.29, 0.717) is 11.5 Å². The first-order chi connectivity index (χ1) is 13.9. The fraction of sp³-hybridized carbons (Fsp3) is 0.150. The van der Waals surface area contributed by atoms with E-state index < -0.39 is 30.2 Å². The molecule has 3 rings (SSSR count). The van der Waals surface area contributed by atoms with Crippen molar-refractivity contribution in [1.82, 2.24) is 10.2 Å². The number of aromatic hydroxyl groups is 1. The van der Waals surface area contributed by atoms with Crippen LogP contribution in [0.3, 0.4) is 0 Å². The summed E-state index contributed by atoms with van der Waals surface area (Å²) < 4.78 is 18.9. The normalized spacial score (nSPS) is 14.8. The van der Waals surface area contributed by atoms with Crippen LogP contribution in [0, 0.1) is 5.82 Å². The molecule has 0 radical (unpaired) electrons. The van der Waals surface area contributed by atoms with Gasteiger partial charge in [0.25, 0.3) is 5.91 Å². The van der Waals surface area contributed by atoms with Crippen molar-refractivity contribution < 1.29 is 28.6 Å². The van der Waals surface area contributed by atoms with E-state index in [2.05, 4.69) is 10.6 Å². The van der Waals surface area contributed by atoms with Crippen LogP contribution in [0.25, 0.3) is 6.08 Å². The van der Waals surface area contributed by atoms with Crippen molar-refractivity contribution in [2.24, 2.45) is 0 Å². The van der Waals surface area contributed by atoms with Crippen molar-refractivity contribution in [3.63, 3.8) is 0 Å². The van der Waals surface area contributed by atoms with Gasteiger partial charge in [-0.2, -0.15) is 0 Å². The molecule has 1 heterocycles. The molecule has 1 fully saturated rings. The van der Waals surface area contributed by atoms with Crippen LogP contribution in [-0.2, 0) is 9.59 Å². The van der Waals surface area contributed by atoms with Crippen LogP contribution in [-0.4, -0.2) is 41.0 Å². The van der Waals surface area contributed by atoms with Gasteiger partial charge in [0.2, 0.25) is 5.91 Å². The summed E-state index contributed by atoms with van der Waals surface area (Å²) in [5, 5.41) is 14.9. The van der Waals surface area contributed by atoms with Crippen LogP contribution in [0.4, 0.5) is 14.9 Å². The Balaban J connectivity index is 1.74. The van der Waals surface area contributed by atoms with Gasteiger partial charge in [-0.1, -0.05) is 24.3 Å². The third-order valence-corrected chi connectivity index (χ3v) is 4.04. The Morgan fingerprint density at radius 1 is 1.24 bits per heavy atom. The van der Waals surface area contributed by atoms with E-state index in [-0.39, 0.29) is 28.4 Å². The quantitative estimate of drug-likeness (QED) is 0.511. The molecule has 0 spiro atoms. The number of carbonyl (C=O) groups excluding carboxylic acids is 3. The molecule has 2 aromatic carbocycles. The first-order valence-electron chi connectivity index (χ1n) is 8.74. The maximum atomic E-state index is 13.6. The molecular weight excluding hydrogens is 381 g/mol. The molecule has 8 nitrogen and oxygen atoms in total. The number of phenolic OH excluding ortho intramolecular Hbond substituents is 1. The highest BCUT2D eigenvalue weighted by atomic mass is 19.1. The summed E-state index contributed by atoms with van der Waals surface area (Å²) >= 11 is 0. The molecule has 0 unspecified atom stereocenters. The minimum Gasteiger partial charge on any atom is -0.504 e. The zero-order valence-electron chi connectivity index (χ0n) is 15.4. The van der Waals surface area contributed by atoms with Crippen LogP contribution < -0.4 is 15.4 Å². The van der Waals surface area contributed by atoms with Gasteiger partial charge >= 0.3 is 6.03 Å². The zero-order valence-corrected chi connectivity index (χ0v) is 15.4. The Bertz CT molecular complexity index is 1010. The molecule has 150 valence electrons. The van der Waals surface area contributed by atoms with Gasteiger partial charge in [-0.25, -0.2) is 14.1 Å². The van der Waals surface area contributed by atoms with Crippen molar-refractivity contribution in [1.29, 1.82) is 0 Å². The van der Waals surface area contributed by atoms with Gasteiger partial charge in [-0.3, -0.25) is 9.59 Å². The number of imide groups is 1. The number of ether oxygens (including phenoxy) is 1. The van der Waals surface area contributed by atoms with E-state index >= 15 is 0 Å². The molecule has 1 saturated heterocycles. The van der Waals surface area contributed by atoms with Gasteiger partial charge in [-0.05, 0) is 31.2 Å². The second-order valence-corrected chi connectivity index (χ2v) is 6.03. The largest absolute Gasteiger partial charge is 0.504 e. The lowest BCUT2D eigenvalue weighted by Gasteiger charge is -2.12. The Hall–Kier alpha value is -3.88. The molecule has 2 aromatic rings. The third-order valence-electron chi connectivity index (χ3n) is 4.04. The number of rotatable bonds is 6. The summed E-state index contributed by atoms with van der Waals surface area (Å²) in [4.78, 5) is 37.4. The predicted octanol–water partition coefficient (Wildman–Crippen LogP) is 2.46. The van der Waals surface area contributed by atoms with E-state index in [1.165, 1.54) is 36.4 Å². The summed E-state index contributed by atoms with van der Waals surface area (Å²) in [5.74, 6) is -2.07. The number of amides is 4. The second-order valence-electron chi connectivity index (χ2n) is 6.03. The lowest BCUT2D eigenvalue weighted by Crippen LogP contribution is -2.38. The van der Waals surface area contributed by atoms with Gasteiger partial charge in [0.1, 0.15) is 18.1 Å². The molecule has 0 atom stereocenters. The van der Waals surface area contributed by atoms with Gasteiger partial charge in [-0.15, -0.1) is 0 Å². The molecule has 0 aliphatic carbocycles. The highest BCUT2D eigenvalue weighted by Crippen LogP contribution is 2.31. The summed E-state index contributed by atoms with van der Waals surface area (Å²) in [5.41, 5.74) is 0.0906. The fourth-order valence-electron chi connectivity index (χ4n) is 2.69. The molecule has 0 saturated carbocycles. The van der Waals surface area contributed by atoms with Crippen LogP contribution in [0.1, 0.15) is 12.5 Å². The number of phenols is 1. The Kier molecular flexibility index (Phi) is 5.77. The zero-order chi connectivity index (χ0) is 21.0. The van der Waals surface area contributed by atoms with Crippen molar-refractivity contribution in [2.75, 3.05) is 18.5 Å². The van der Waals surface area contributed by atoms with Gasteiger partial charge in [0.05, 0.1) is 12.3 Å². The smallest absolute Gasteiger partial charge is 0.329 e. The SMILES string of the molecule is CCOc1cccc(/C=C2/NC(=O)N(CC(=O)Nc3ccccc3F)C2=O)c1O. The van der Waals surface area contributed by atoms with Crippen molar-refractivity contribution in [2.45, 2.75) is 6.92 Å². The second kappa shape index (κ2) is 8.42.